The first-order chi connectivity index (χ1) is 17.1. The van der Waals surface area contributed by atoms with Gasteiger partial charge in [0.2, 0.25) is 0 Å². The van der Waals surface area contributed by atoms with E-state index in [0.717, 1.165) is 4.52 Å². The number of ether oxygens (including phenoxy) is 1. The number of aliphatic hydroxyl groups excluding tert-OH is 1. The Morgan fingerprint density at radius 2 is 2.14 bits per heavy atom. The van der Waals surface area contributed by atoms with Crippen molar-refractivity contribution in [2.75, 3.05) is 31.2 Å². The van der Waals surface area contributed by atoms with Gasteiger partial charge < -0.3 is 14.7 Å². The van der Waals surface area contributed by atoms with Crippen LogP contribution in [0.15, 0.2) is 46.1 Å². The van der Waals surface area contributed by atoms with Crippen molar-refractivity contribution in [1.82, 2.24) is 14.6 Å². The van der Waals surface area contributed by atoms with Gasteiger partial charge in [0.05, 0.1) is 29.8 Å². The molecule has 3 heterocycles. The fourth-order valence-electron chi connectivity index (χ4n) is 3.98. The molecule has 2 aliphatic rings. The van der Waals surface area contributed by atoms with Crippen LogP contribution < -0.4 is 4.90 Å². The summed E-state index contributed by atoms with van der Waals surface area (Å²) in [5, 5.41) is 23.1. The number of fused-ring (bicyclic) bond motifs is 1. The second-order valence-corrected chi connectivity index (χ2v) is 8.61. The van der Waals surface area contributed by atoms with E-state index in [-0.39, 0.29) is 24.1 Å². The van der Waals surface area contributed by atoms with Gasteiger partial charge in [-0.15, -0.1) is 0 Å². The molecule has 0 aromatic carbocycles. The standard InChI is InChI=1S/C24H22ClF3N6O2/c1-4-36-17-10-33(11-17)23-18(7-15-5-6-16(25)8-20(15)30-13(2)12-35)14(3)31-22-19(9-29)21(24(26,27)28)32-34(22)23/h5-8,17,35H,2,4,10-12H2,1,3H3/b15-7+,30-20?. The number of allylic oxidation sites excluding steroid dienone is 5. The number of aliphatic imine (C=N–C) groups is 1. The topological polar surface area (TPSA) is 99.0 Å². The number of alkyl halides is 3. The predicted octanol–water partition coefficient (Wildman–Crippen LogP) is 4.18. The number of hydrogen-bond donors (Lipinski definition) is 1. The summed E-state index contributed by atoms with van der Waals surface area (Å²) in [6.07, 6.45) is 1.73. The molecule has 0 saturated carbocycles. The van der Waals surface area contributed by atoms with Gasteiger partial charge >= 0.3 is 6.18 Å². The molecule has 1 aliphatic carbocycles. The molecule has 2 aromatic rings. The summed E-state index contributed by atoms with van der Waals surface area (Å²) in [6, 6.07) is 1.61. The summed E-state index contributed by atoms with van der Waals surface area (Å²) in [5.74, 6) is 0.349. The van der Waals surface area contributed by atoms with Gasteiger partial charge in [-0.25, -0.2) is 4.98 Å². The molecular formula is C24H22ClF3N6O2. The molecule has 0 bridgehead atoms. The lowest BCUT2D eigenvalue weighted by molar-refractivity contribution is -0.141. The number of aryl methyl sites for hydroxylation is 1. The maximum Gasteiger partial charge on any atom is 0.436 e. The van der Waals surface area contributed by atoms with Crippen molar-refractivity contribution in [2.24, 2.45) is 4.99 Å². The number of rotatable bonds is 6. The van der Waals surface area contributed by atoms with Crippen LogP contribution in [0.25, 0.3) is 11.7 Å². The van der Waals surface area contributed by atoms with Gasteiger partial charge in [0.25, 0.3) is 0 Å². The minimum absolute atomic E-state index is 0.0894. The lowest BCUT2D eigenvalue weighted by Crippen LogP contribution is -2.53. The van der Waals surface area contributed by atoms with Gasteiger partial charge in [-0.05, 0) is 32.1 Å². The molecule has 188 valence electrons. The first kappa shape index (κ1) is 25.6. The molecule has 0 unspecified atom stereocenters. The lowest BCUT2D eigenvalue weighted by atomic mass is 10.00. The largest absolute Gasteiger partial charge is 0.436 e. The second kappa shape index (κ2) is 9.89. The molecule has 12 heteroatoms. The van der Waals surface area contributed by atoms with E-state index < -0.39 is 17.4 Å². The Bertz CT molecular complexity index is 1390. The minimum Gasteiger partial charge on any atom is -0.390 e. The molecule has 4 rings (SSSR count). The first-order valence-electron chi connectivity index (χ1n) is 11.0. The number of anilines is 1. The Labute approximate surface area is 210 Å². The molecule has 36 heavy (non-hydrogen) atoms. The van der Waals surface area contributed by atoms with Gasteiger partial charge in [-0.2, -0.15) is 28.0 Å². The van der Waals surface area contributed by atoms with E-state index in [1.165, 1.54) is 0 Å². The highest BCUT2D eigenvalue weighted by atomic mass is 35.5. The van der Waals surface area contributed by atoms with Crippen LogP contribution in [0.2, 0.25) is 0 Å². The molecule has 2 aromatic heterocycles. The zero-order valence-corrected chi connectivity index (χ0v) is 20.2. The predicted molar refractivity (Wildman–Crippen MR) is 130 cm³/mol. The quantitative estimate of drug-likeness (QED) is 0.616. The lowest BCUT2D eigenvalue weighted by Gasteiger charge is -2.41. The average Bonchev–Trinajstić information content (AvgIpc) is 3.17. The van der Waals surface area contributed by atoms with Crippen LogP contribution in [0.5, 0.6) is 0 Å². The third-order valence-corrected chi connectivity index (χ3v) is 5.88. The van der Waals surface area contributed by atoms with Crippen LogP contribution in [-0.2, 0) is 10.9 Å². The number of aromatic nitrogens is 3. The highest BCUT2D eigenvalue weighted by molar-refractivity contribution is 6.35. The number of hydrogen-bond acceptors (Lipinski definition) is 7. The zero-order valence-electron chi connectivity index (χ0n) is 19.5. The van der Waals surface area contributed by atoms with Gasteiger partial charge in [-0.3, -0.25) is 4.99 Å². The molecule has 0 amide bonds. The zero-order chi connectivity index (χ0) is 26.2. The summed E-state index contributed by atoms with van der Waals surface area (Å²) in [7, 11) is 0. The van der Waals surface area contributed by atoms with Gasteiger partial charge in [0.1, 0.15) is 17.5 Å². The van der Waals surface area contributed by atoms with E-state index in [1.807, 2.05) is 11.8 Å². The maximum absolute atomic E-state index is 13.7. The molecule has 0 spiro atoms. The Morgan fingerprint density at radius 1 is 1.42 bits per heavy atom. The monoisotopic (exact) mass is 518 g/mol. The van der Waals surface area contributed by atoms with Gasteiger partial charge in [0, 0.05) is 35.9 Å². The number of halogens is 4. The smallest absolute Gasteiger partial charge is 0.390 e. The van der Waals surface area contributed by atoms with Crippen molar-refractivity contribution >= 4 is 34.9 Å². The third kappa shape index (κ3) is 4.80. The average molecular weight is 519 g/mol. The van der Waals surface area contributed by atoms with Crippen LogP contribution >= 0.6 is 11.6 Å². The third-order valence-electron chi connectivity index (χ3n) is 5.65. The SMILES string of the molecule is C=C(CO)N=C1C=C(Cl)C=C/C1=C\c1c(C)nc2c(C#N)c(C(F)(F)F)nn2c1N1CC(OCC)C1. The van der Waals surface area contributed by atoms with Crippen molar-refractivity contribution in [3.8, 4) is 6.07 Å². The number of nitrogens with zero attached hydrogens (tertiary/aromatic N) is 6. The first-order valence-corrected chi connectivity index (χ1v) is 11.4. The van der Waals surface area contributed by atoms with Crippen LogP contribution in [0.3, 0.4) is 0 Å². The van der Waals surface area contributed by atoms with Gasteiger partial charge in [-0.1, -0.05) is 24.3 Å². The highest BCUT2D eigenvalue weighted by Gasteiger charge is 2.40. The Morgan fingerprint density at radius 3 is 2.75 bits per heavy atom. The summed E-state index contributed by atoms with van der Waals surface area (Å²) in [5.41, 5.74) is -0.0254. The fourth-order valence-corrected chi connectivity index (χ4v) is 4.15. The van der Waals surface area contributed by atoms with E-state index in [1.54, 1.807) is 37.3 Å². The molecule has 1 fully saturated rings. The van der Waals surface area contributed by atoms with E-state index in [4.69, 9.17) is 16.3 Å². The molecule has 1 saturated heterocycles. The number of aliphatic hydroxyl groups is 1. The fraction of sp³-hybridized carbons (Fsp3) is 0.333. The molecule has 8 nitrogen and oxygen atoms in total. The Balaban J connectivity index is 1.96. The summed E-state index contributed by atoms with van der Waals surface area (Å²) in [6.45, 7) is 8.20. The van der Waals surface area contributed by atoms with E-state index in [2.05, 4.69) is 21.7 Å². The Hall–Kier alpha value is -3.46. The summed E-state index contributed by atoms with van der Waals surface area (Å²) < 4.78 is 47.8. The minimum atomic E-state index is -4.83. The molecule has 1 aliphatic heterocycles. The van der Waals surface area contributed by atoms with E-state index in [0.29, 0.717) is 53.1 Å². The van der Waals surface area contributed by atoms with Crippen molar-refractivity contribution in [3.63, 3.8) is 0 Å². The summed E-state index contributed by atoms with van der Waals surface area (Å²) in [4.78, 5) is 10.5. The molecular weight excluding hydrogens is 497 g/mol. The van der Waals surface area contributed by atoms with Crippen LogP contribution in [0.1, 0.15) is 29.4 Å². The maximum atomic E-state index is 13.7. The van der Waals surface area contributed by atoms with E-state index >= 15 is 0 Å². The second-order valence-electron chi connectivity index (χ2n) is 8.17. The molecule has 0 radical (unpaired) electrons. The van der Waals surface area contributed by atoms with Crippen molar-refractivity contribution < 1.29 is 23.0 Å². The van der Waals surface area contributed by atoms with E-state index in [9.17, 15) is 23.5 Å². The van der Waals surface area contributed by atoms with Crippen LogP contribution in [0.4, 0.5) is 19.0 Å². The Kier molecular flexibility index (Phi) is 7.04. The van der Waals surface area contributed by atoms with Crippen molar-refractivity contribution in [3.05, 3.63) is 63.6 Å². The van der Waals surface area contributed by atoms with Crippen LogP contribution in [-0.4, -0.2) is 57.8 Å². The van der Waals surface area contributed by atoms with Crippen molar-refractivity contribution in [1.29, 1.82) is 5.26 Å². The van der Waals surface area contributed by atoms with Crippen LogP contribution in [0, 0.1) is 18.3 Å². The van der Waals surface area contributed by atoms with Crippen molar-refractivity contribution in [2.45, 2.75) is 26.1 Å². The number of nitriles is 1. The highest BCUT2D eigenvalue weighted by Crippen LogP contribution is 2.37. The molecule has 0 atom stereocenters. The molecule has 1 N–H and O–H groups in total. The van der Waals surface area contributed by atoms with Gasteiger partial charge in [0.15, 0.2) is 11.3 Å². The summed E-state index contributed by atoms with van der Waals surface area (Å²) >= 11 is 6.14. The normalized spacial score (nSPS) is 18.6.